The molecule has 0 radical (unpaired) electrons. The number of hydrogen-bond donors (Lipinski definition) is 3. The van der Waals surface area contributed by atoms with Crippen LogP contribution in [0, 0.1) is 0 Å². The van der Waals surface area contributed by atoms with Crippen LogP contribution < -0.4 is 16.4 Å². The number of aliphatic imine (C=N–C) groups is 1. The average molecular weight is 280 g/mol. The molecule has 0 atom stereocenters. The van der Waals surface area contributed by atoms with Crippen LogP contribution in [0.5, 0.6) is 0 Å². The second-order valence-electron chi connectivity index (χ2n) is 4.49. The molecule has 0 spiro atoms. The van der Waals surface area contributed by atoms with E-state index >= 15 is 0 Å². The summed E-state index contributed by atoms with van der Waals surface area (Å²) < 4.78 is 4.98. The molecular weight excluding hydrogens is 256 g/mol. The summed E-state index contributed by atoms with van der Waals surface area (Å²) in [5.74, 6) is 0.503. The van der Waals surface area contributed by atoms with Gasteiger partial charge < -0.3 is 20.8 Å². The highest BCUT2D eigenvalue weighted by Gasteiger charge is 2.06. The fraction of sp³-hybridized carbons (Fsp3) is 0.571. The second kappa shape index (κ2) is 9.89. The molecule has 0 aliphatic heterocycles. The molecule has 1 aromatic heterocycles. The third-order valence-electron chi connectivity index (χ3n) is 2.76. The van der Waals surface area contributed by atoms with E-state index in [0.29, 0.717) is 24.8 Å². The first-order valence-corrected chi connectivity index (χ1v) is 7.09. The summed E-state index contributed by atoms with van der Waals surface area (Å²) in [6.07, 6.45) is 6.17. The Bertz CT molecular complexity index is 401. The van der Waals surface area contributed by atoms with E-state index in [9.17, 15) is 4.79 Å². The molecule has 0 fully saturated rings. The number of guanidine groups is 1. The minimum Gasteiger partial charge on any atom is -0.459 e. The quantitative estimate of drug-likeness (QED) is 0.363. The van der Waals surface area contributed by atoms with Crippen molar-refractivity contribution in [2.75, 3.05) is 19.6 Å². The summed E-state index contributed by atoms with van der Waals surface area (Å²) in [6.45, 7) is 3.93. The van der Waals surface area contributed by atoms with E-state index in [-0.39, 0.29) is 5.91 Å². The lowest BCUT2D eigenvalue weighted by molar-refractivity contribution is 0.0926. The summed E-state index contributed by atoms with van der Waals surface area (Å²) in [7, 11) is 0. The lowest BCUT2D eigenvalue weighted by Gasteiger charge is -2.06. The summed E-state index contributed by atoms with van der Waals surface area (Å²) in [6, 6.07) is 3.30. The Kier molecular flexibility index (Phi) is 7.95. The number of nitrogens with zero attached hydrogens (tertiary/aromatic N) is 1. The molecule has 0 saturated heterocycles. The third-order valence-corrected chi connectivity index (χ3v) is 2.76. The van der Waals surface area contributed by atoms with Crippen molar-refractivity contribution in [1.29, 1.82) is 0 Å². The maximum Gasteiger partial charge on any atom is 0.287 e. The van der Waals surface area contributed by atoms with E-state index in [1.165, 1.54) is 25.5 Å². The van der Waals surface area contributed by atoms with Crippen molar-refractivity contribution in [3.05, 3.63) is 24.2 Å². The molecule has 0 aliphatic rings. The Balaban J connectivity index is 2.05. The summed E-state index contributed by atoms with van der Waals surface area (Å²) >= 11 is 0. The Labute approximate surface area is 119 Å². The van der Waals surface area contributed by atoms with Crippen LogP contribution in [0.2, 0.25) is 0 Å². The Morgan fingerprint density at radius 3 is 2.80 bits per heavy atom. The number of nitrogens with one attached hydrogen (secondary N) is 2. The highest BCUT2D eigenvalue weighted by atomic mass is 16.3. The maximum atomic E-state index is 11.5. The fourth-order valence-electron chi connectivity index (χ4n) is 1.66. The molecular formula is C14H24N4O2. The summed E-state index contributed by atoms with van der Waals surface area (Å²) in [5, 5.41) is 5.68. The van der Waals surface area contributed by atoms with Gasteiger partial charge in [-0.05, 0) is 18.6 Å². The molecule has 4 N–H and O–H groups in total. The van der Waals surface area contributed by atoms with Crippen LogP contribution >= 0.6 is 0 Å². The van der Waals surface area contributed by atoms with Gasteiger partial charge in [0, 0.05) is 19.6 Å². The van der Waals surface area contributed by atoms with Crippen LogP contribution in [0.25, 0.3) is 0 Å². The van der Waals surface area contributed by atoms with Gasteiger partial charge >= 0.3 is 0 Å². The molecule has 1 aromatic rings. The summed E-state index contributed by atoms with van der Waals surface area (Å²) in [4.78, 5) is 15.7. The van der Waals surface area contributed by atoms with Crippen LogP contribution in [0.4, 0.5) is 0 Å². The molecule has 0 bridgehead atoms. The van der Waals surface area contributed by atoms with Gasteiger partial charge in [-0.15, -0.1) is 0 Å². The number of furan rings is 1. The highest BCUT2D eigenvalue weighted by Crippen LogP contribution is 1.99. The van der Waals surface area contributed by atoms with E-state index < -0.39 is 0 Å². The third kappa shape index (κ3) is 6.82. The van der Waals surface area contributed by atoms with Gasteiger partial charge in [-0.25, -0.2) is 0 Å². The van der Waals surface area contributed by atoms with Crippen molar-refractivity contribution >= 4 is 11.9 Å². The predicted octanol–water partition coefficient (Wildman–Crippen LogP) is 1.49. The minimum absolute atomic E-state index is 0.230. The van der Waals surface area contributed by atoms with E-state index in [1.54, 1.807) is 12.1 Å². The number of hydrogen-bond acceptors (Lipinski definition) is 3. The van der Waals surface area contributed by atoms with Crippen LogP contribution in [0.1, 0.15) is 43.2 Å². The lowest BCUT2D eigenvalue weighted by atomic mass is 10.2. The number of carbonyl (C=O) groups excluding carboxylic acids is 1. The molecule has 0 aromatic carbocycles. The van der Waals surface area contributed by atoms with Crippen molar-refractivity contribution in [2.24, 2.45) is 10.7 Å². The molecule has 0 aliphatic carbocycles. The second-order valence-corrected chi connectivity index (χ2v) is 4.49. The highest BCUT2D eigenvalue weighted by molar-refractivity contribution is 5.91. The first-order valence-electron chi connectivity index (χ1n) is 7.09. The van der Waals surface area contributed by atoms with Crippen LogP contribution in [-0.2, 0) is 0 Å². The molecule has 1 heterocycles. The molecule has 6 nitrogen and oxygen atoms in total. The number of nitrogens with two attached hydrogens (primary N) is 1. The van der Waals surface area contributed by atoms with Gasteiger partial charge in [0.25, 0.3) is 5.91 Å². The number of amides is 1. The van der Waals surface area contributed by atoms with Crippen LogP contribution in [0.15, 0.2) is 27.8 Å². The van der Waals surface area contributed by atoms with E-state index in [0.717, 1.165) is 13.0 Å². The lowest BCUT2D eigenvalue weighted by Crippen LogP contribution is -2.38. The molecule has 0 saturated carbocycles. The van der Waals surface area contributed by atoms with Crippen molar-refractivity contribution in [2.45, 2.75) is 32.6 Å². The van der Waals surface area contributed by atoms with Crippen molar-refractivity contribution in [3.8, 4) is 0 Å². The van der Waals surface area contributed by atoms with Crippen molar-refractivity contribution in [1.82, 2.24) is 10.6 Å². The normalized spacial score (nSPS) is 11.3. The van der Waals surface area contributed by atoms with Gasteiger partial charge in [-0.3, -0.25) is 9.79 Å². The van der Waals surface area contributed by atoms with Gasteiger partial charge in [-0.2, -0.15) is 0 Å². The van der Waals surface area contributed by atoms with Crippen molar-refractivity contribution in [3.63, 3.8) is 0 Å². The van der Waals surface area contributed by atoms with Gasteiger partial charge in [-0.1, -0.05) is 26.2 Å². The van der Waals surface area contributed by atoms with Gasteiger partial charge in [0.1, 0.15) is 0 Å². The zero-order valence-electron chi connectivity index (χ0n) is 12.0. The Morgan fingerprint density at radius 1 is 1.30 bits per heavy atom. The fourth-order valence-corrected chi connectivity index (χ4v) is 1.66. The largest absolute Gasteiger partial charge is 0.459 e. The molecule has 112 valence electrons. The van der Waals surface area contributed by atoms with Crippen LogP contribution in [-0.4, -0.2) is 31.5 Å². The number of carbonyl (C=O) groups is 1. The predicted molar refractivity (Wildman–Crippen MR) is 79.7 cm³/mol. The molecule has 0 unspecified atom stereocenters. The average Bonchev–Trinajstić information content (AvgIpc) is 2.97. The first-order chi connectivity index (χ1) is 9.74. The Hall–Kier alpha value is -1.98. The maximum absolute atomic E-state index is 11.5. The zero-order valence-corrected chi connectivity index (χ0v) is 12.0. The molecule has 20 heavy (non-hydrogen) atoms. The van der Waals surface area contributed by atoms with E-state index in [4.69, 9.17) is 10.2 Å². The standard InChI is InChI=1S/C14H24N4O2/c1-2-3-4-5-8-17-14(15)18-10-9-16-13(19)12-7-6-11-20-12/h6-7,11H,2-5,8-10H2,1H3,(H,16,19)(H3,15,17,18). The monoisotopic (exact) mass is 280 g/mol. The van der Waals surface area contributed by atoms with Gasteiger partial charge in [0.05, 0.1) is 6.26 Å². The summed E-state index contributed by atoms with van der Waals surface area (Å²) in [5.41, 5.74) is 5.71. The minimum atomic E-state index is -0.230. The van der Waals surface area contributed by atoms with Crippen LogP contribution in [0.3, 0.4) is 0 Å². The number of rotatable bonds is 9. The first kappa shape index (κ1) is 16.1. The van der Waals surface area contributed by atoms with Crippen molar-refractivity contribution < 1.29 is 9.21 Å². The van der Waals surface area contributed by atoms with Gasteiger partial charge in [0.15, 0.2) is 11.7 Å². The van der Waals surface area contributed by atoms with E-state index in [1.807, 2.05) is 0 Å². The number of unbranched alkanes of at least 4 members (excludes halogenated alkanes) is 3. The zero-order chi connectivity index (χ0) is 14.6. The molecule has 1 amide bonds. The molecule has 1 rings (SSSR count). The topological polar surface area (TPSA) is 92.6 Å². The smallest absolute Gasteiger partial charge is 0.287 e. The SMILES string of the molecule is CCCCCCN=C(N)NCCNC(=O)c1ccco1. The molecule has 6 heteroatoms. The Morgan fingerprint density at radius 2 is 2.10 bits per heavy atom. The van der Waals surface area contributed by atoms with E-state index in [2.05, 4.69) is 22.5 Å². The van der Waals surface area contributed by atoms with Gasteiger partial charge in [0.2, 0.25) is 0 Å².